The maximum atomic E-state index is 12.9. The molecule has 0 aromatic heterocycles. The normalized spacial score (nSPS) is 14.1. The van der Waals surface area contributed by atoms with Gasteiger partial charge in [0.1, 0.15) is 5.75 Å². The highest BCUT2D eigenvalue weighted by molar-refractivity contribution is 5.95. The first-order valence-corrected chi connectivity index (χ1v) is 9.36. The number of ether oxygens (including phenoxy) is 2. The van der Waals surface area contributed by atoms with Gasteiger partial charge in [-0.2, -0.15) is 0 Å². The fourth-order valence-electron chi connectivity index (χ4n) is 3.25. The number of para-hydroxylation sites is 2. The molecule has 1 aliphatic heterocycles. The predicted molar refractivity (Wildman–Crippen MR) is 105 cm³/mol. The summed E-state index contributed by atoms with van der Waals surface area (Å²) in [5, 5.41) is 10.0. The van der Waals surface area contributed by atoms with E-state index < -0.39 is 0 Å². The van der Waals surface area contributed by atoms with Crippen molar-refractivity contribution in [1.82, 2.24) is 4.90 Å². The van der Waals surface area contributed by atoms with Crippen molar-refractivity contribution in [3.63, 3.8) is 0 Å². The molecule has 6 heteroatoms. The van der Waals surface area contributed by atoms with Crippen molar-refractivity contribution in [3.8, 4) is 17.2 Å². The molecule has 0 aliphatic carbocycles. The molecular formula is C21H26N2O4. The van der Waals surface area contributed by atoms with Crippen LogP contribution in [0.5, 0.6) is 17.2 Å². The zero-order valence-electron chi connectivity index (χ0n) is 15.9. The Balaban J connectivity index is 1.68. The van der Waals surface area contributed by atoms with Crippen LogP contribution in [0.4, 0.5) is 5.69 Å². The van der Waals surface area contributed by atoms with Gasteiger partial charge in [0.25, 0.3) is 5.91 Å². The molecule has 0 bridgehead atoms. The Labute approximate surface area is 159 Å². The SMILES string of the molecule is CCOc1ccc(C(=O)N2CCN(c3ccccc3O)CC2)cc1OCC. The van der Waals surface area contributed by atoms with Crippen molar-refractivity contribution >= 4 is 11.6 Å². The van der Waals surface area contributed by atoms with E-state index in [1.165, 1.54) is 0 Å². The second-order valence-corrected chi connectivity index (χ2v) is 6.30. The van der Waals surface area contributed by atoms with Crippen LogP contribution in [0.2, 0.25) is 0 Å². The second-order valence-electron chi connectivity index (χ2n) is 6.30. The quantitative estimate of drug-likeness (QED) is 0.846. The minimum atomic E-state index is -0.0177. The number of benzene rings is 2. The minimum Gasteiger partial charge on any atom is -0.506 e. The molecule has 3 rings (SSSR count). The molecule has 1 heterocycles. The summed E-state index contributed by atoms with van der Waals surface area (Å²) in [5.74, 6) is 1.50. The molecule has 1 amide bonds. The molecule has 0 atom stereocenters. The number of carbonyl (C=O) groups is 1. The largest absolute Gasteiger partial charge is 0.506 e. The Kier molecular flexibility index (Phi) is 6.06. The second kappa shape index (κ2) is 8.66. The zero-order valence-corrected chi connectivity index (χ0v) is 15.9. The molecule has 2 aromatic carbocycles. The van der Waals surface area contributed by atoms with Crippen molar-refractivity contribution in [2.24, 2.45) is 0 Å². The molecule has 1 N–H and O–H groups in total. The molecule has 0 radical (unpaired) electrons. The fraction of sp³-hybridized carbons (Fsp3) is 0.381. The van der Waals surface area contributed by atoms with E-state index in [2.05, 4.69) is 4.90 Å². The summed E-state index contributed by atoms with van der Waals surface area (Å²) < 4.78 is 11.2. The van der Waals surface area contributed by atoms with E-state index >= 15 is 0 Å². The summed E-state index contributed by atoms with van der Waals surface area (Å²) in [6.07, 6.45) is 0. The van der Waals surface area contributed by atoms with E-state index in [-0.39, 0.29) is 11.7 Å². The van der Waals surface area contributed by atoms with Gasteiger partial charge in [-0.05, 0) is 44.2 Å². The Morgan fingerprint density at radius 1 is 0.963 bits per heavy atom. The van der Waals surface area contributed by atoms with E-state index in [0.717, 1.165) is 5.69 Å². The smallest absolute Gasteiger partial charge is 0.254 e. The molecule has 144 valence electrons. The van der Waals surface area contributed by atoms with Crippen LogP contribution in [-0.4, -0.2) is 55.3 Å². The number of rotatable bonds is 6. The molecule has 1 fully saturated rings. The Bertz CT molecular complexity index is 786. The van der Waals surface area contributed by atoms with Gasteiger partial charge in [-0.3, -0.25) is 4.79 Å². The first kappa shape index (κ1) is 18.9. The fourth-order valence-corrected chi connectivity index (χ4v) is 3.25. The third-order valence-corrected chi connectivity index (χ3v) is 4.58. The Hall–Kier alpha value is -2.89. The number of carbonyl (C=O) groups excluding carboxylic acids is 1. The number of phenolic OH excluding ortho intramolecular Hbond substituents is 1. The molecule has 6 nitrogen and oxygen atoms in total. The Morgan fingerprint density at radius 2 is 1.63 bits per heavy atom. The van der Waals surface area contributed by atoms with Gasteiger partial charge in [-0.1, -0.05) is 12.1 Å². The van der Waals surface area contributed by atoms with Gasteiger partial charge in [-0.25, -0.2) is 0 Å². The molecule has 2 aromatic rings. The van der Waals surface area contributed by atoms with Crippen LogP contribution in [0.15, 0.2) is 42.5 Å². The van der Waals surface area contributed by atoms with Gasteiger partial charge in [0, 0.05) is 31.7 Å². The predicted octanol–water partition coefficient (Wildman–Crippen LogP) is 3.15. The third-order valence-electron chi connectivity index (χ3n) is 4.58. The number of amides is 1. The van der Waals surface area contributed by atoms with Gasteiger partial charge < -0.3 is 24.4 Å². The lowest BCUT2D eigenvalue weighted by atomic mass is 10.1. The van der Waals surface area contributed by atoms with Gasteiger partial charge in [0.05, 0.1) is 18.9 Å². The lowest BCUT2D eigenvalue weighted by molar-refractivity contribution is 0.0746. The number of piperazine rings is 1. The van der Waals surface area contributed by atoms with Crippen LogP contribution in [0.25, 0.3) is 0 Å². The van der Waals surface area contributed by atoms with E-state index in [0.29, 0.717) is 56.5 Å². The summed E-state index contributed by atoms with van der Waals surface area (Å²) >= 11 is 0. The maximum Gasteiger partial charge on any atom is 0.254 e. The first-order valence-electron chi connectivity index (χ1n) is 9.36. The lowest BCUT2D eigenvalue weighted by Gasteiger charge is -2.36. The van der Waals surface area contributed by atoms with Gasteiger partial charge in [-0.15, -0.1) is 0 Å². The molecule has 1 aliphatic rings. The third kappa shape index (κ3) is 4.27. The van der Waals surface area contributed by atoms with E-state index in [9.17, 15) is 9.90 Å². The molecule has 27 heavy (non-hydrogen) atoms. The van der Waals surface area contributed by atoms with Crippen LogP contribution in [0, 0.1) is 0 Å². The van der Waals surface area contributed by atoms with E-state index in [4.69, 9.17) is 9.47 Å². The van der Waals surface area contributed by atoms with Crippen LogP contribution in [0.3, 0.4) is 0 Å². The summed E-state index contributed by atoms with van der Waals surface area (Å²) in [4.78, 5) is 16.8. The van der Waals surface area contributed by atoms with Crippen molar-refractivity contribution in [3.05, 3.63) is 48.0 Å². The number of hydrogen-bond donors (Lipinski definition) is 1. The molecule has 0 unspecified atom stereocenters. The summed E-state index contributed by atoms with van der Waals surface area (Å²) in [6, 6.07) is 12.6. The van der Waals surface area contributed by atoms with Gasteiger partial charge in [0.2, 0.25) is 0 Å². The number of anilines is 1. The number of aromatic hydroxyl groups is 1. The van der Waals surface area contributed by atoms with Crippen molar-refractivity contribution < 1.29 is 19.4 Å². The monoisotopic (exact) mass is 370 g/mol. The first-order chi connectivity index (χ1) is 13.1. The highest BCUT2D eigenvalue weighted by Crippen LogP contribution is 2.30. The number of nitrogens with zero attached hydrogens (tertiary/aromatic N) is 2. The summed E-state index contributed by atoms with van der Waals surface area (Å²) in [6.45, 7) is 7.44. The number of phenols is 1. The molecular weight excluding hydrogens is 344 g/mol. The molecule has 0 saturated carbocycles. The van der Waals surface area contributed by atoms with Crippen LogP contribution < -0.4 is 14.4 Å². The van der Waals surface area contributed by atoms with Gasteiger partial charge in [0.15, 0.2) is 11.5 Å². The zero-order chi connectivity index (χ0) is 19.2. The average molecular weight is 370 g/mol. The lowest BCUT2D eigenvalue weighted by Crippen LogP contribution is -2.48. The number of hydrogen-bond acceptors (Lipinski definition) is 5. The van der Waals surface area contributed by atoms with Crippen LogP contribution in [0.1, 0.15) is 24.2 Å². The minimum absolute atomic E-state index is 0.0177. The highest BCUT2D eigenvalue weighted by atomic mass is 16.5. The van der Waals surface area contributed by atoms with E-state index in [1.807, 2.05) is 30.9 Å². The topological polar surface area (TPSA) is 62.2 Å². The van der Waals surface area contributed by atoms with Crippen molar-refractivity contribution in [2.75, 3.05) is 44.3 Å². The molecule has 1 saturated heterocycles. The molecule has 0 spiro atoms. The van der Waals surface area contributed by atoms with Crippen LogP contribution in [-0.2, 0) is 0 Å². The maximum absolute atomic E-state index is 12.9. The highest BCUT2D eigenvalue weighted by Gasteiger charge is 2.24. The average Bonchev–Trinajstić information content (AvgIpc) is 2.70. The summed E-state index contributed by atoms with van der Waals surface area (Å²) in [5.41, 5.74) is 1.40. The summed E-state index contributed by atoms with van der Waals surface area (Å²) in [7, 11) is 0. The standard InChI is InChI=1S/C21H26N2O4/c1-3-26-19-10-9-16(15-20(19)27-4-2)21(25)23-13-11-22(12-14-23)17-7-5-6-8-18(17)24/h5-10,15,24H,3-4,11-14H2,1-2H3. The Morgan fingerprint density at radius 3 is 2.30 bits per heavy atom. The van der Waals surface area contributed by atoms with E-state index in [1.54, 1.807) is 30.3 Å². The van der Waals surface area contributed by atoms with Gasteiger partial charge >= 0.3 is 0 Å². The van der Waals surface area contributed by atoms with Crippen LogP contribution >= 0.6 is 0 Å². The van der Waals surface area contributed by atoms with Crippen molar-refractivity contribution in [1.29, 1.82) is 0 Å². The van der Waals surface area contributed by atoms with Crippen molar-refractivity contribution in [2.45, 2.75) is 13.8 Å².